The number of nitrogens with zero attached hydrogens (tertiary/aromatic N) is 1. The summed E-state index contributed by atoms with van der Waals surface area (Å²) >= 11 is 0. The van der Waals surface area contributed by atoms with Gasteiger partial charge in [0.25, 0.3) is 0 Å². The van der Waals surface area contributed by atoms with E-state index in [4.69, 9.17) is 0 Å². The molecular weight excluding hydrogens is 227 g/mol. The number of anilines is 1. The monoisotopic (exact) mass is 248 g/mol. The molecule has 1 aromatic rings. The van der Waals surface area contributed by atoms with E-state index in [1.807, 2.05) is 26.1 Å². The molecule has 2 bridgehead atoms. The zero-order valence-electron chi connectivity index (χ0n) is 11.1. The molecule has 2 unspecified atom stereocenters. The van der Waals surface area contributed by atoms with Crippen molar-refractivity contribution in [3.05, 3.63) is 29.6 Å². The zero-order valence-corrected chi connectivity index (χ0v) is 11.1. The first-order valence-electron chi connectivity index (χ1n) is 6.91. The van der Waals surface area contributed by atoms with Crippen molar-refractivity contribution in [2.24, 2.45) is 0 Å². The maximum absolute atomic E-state index is 14.1. The fourth-order valence-electron chi connectivity index (χ4n) is 3.63. The zero-order chi connectivity index (χ0) is 12.7. The molecule has 1 N–H and O–H groups in total. The first-order chi connectivity index (χ1) is 8.69. The van der Waals surface area contributed by atoms with Crippen LogP contribution in [0.3, 0.4) is 0 Å². The van der Waals surface area contributed by atoms with E-state index in [0.29, 0.717) is 18.1 Å². The van der Waals surface area contributed by atoms with Gasteiger partial charge >= 0.3 is 0 Å². The topological polar surface area (TPSA) is 15.3 Å². The molecule has 18 heavy (non-hydrogen) atoms. The second-order valence-electron chi connectivity index (χ2n) is 5.70. The molecule has 2 saturated heterocycles. The number of hydrogen-bond acceptors (Lipinski definition) is 2. The van der Waals surface area contributed by atoms with Gasteiger partial charge in [0.2, 0.25) is 0 Å². The molecule has 2 heterocycles. The first kappa shape index (κ1) is 12.0. The summed E-state index contributed by atoms with van der Waals surface area (Å²) in [6, 6.07) is 7.08. The van der Waals surface area contributed by atoms with Gasteiger partial charge in [-0.3, -0.25) is 0 Å². The summed E-state index contributed by atoms with van der Waals surface area (Å²) in [6.45, 7) is 2.03. The van der Waals surface area contributed by atoms with Crippen LogP contribution in [0.4, 0.5) is 10.1 Å². The summed E-state index contributed by atoms with van der Waals surface area (Å²) in [4.78, 5) is 2.34. The summed E-state index contributed by atoms with van der Waals surface area (Å²) in [5, 5.41) is 3.38. The molecule has 0 aliphatic carbocycles. The van der Waals surface area contributed by atoms with Crippen molar-refractivity contribution in [3.63, 3.8) is 0 Å². The Morgan fingerprint density at radius 2 is 1.89 bits per heavy atom. The Bertz CT molecular complexity index is 432. The summed E-state index contributed by atoms with van der Waals surface area (Å²) in [5.41, 5.74) is 1.96. The Balaban J connectivity index is 1.91. The summed E-state index contributed by atoms with van der Waals surface area (Å²) in [5.74, 6) is -0.0691. The van der Waals surface area contributed by atoms with Crippen molar-refractivity contribution in [1.82, 2.24) is 5.32 Å². The van der Waals surface area contributed by atoms with Crippen LogP contribution in [0.1, 0.15) is 31.2 Å². The van der Waals surface area contributed by atoms with Gasteiger partial charge in [-0.1, -0.05) is 6.07 Å². The van der Waals surface area contributed by atoms with Crippen molar-refractivity contribution < 1.29 is 4.39 Å². The summed E-state index contributed by atoms with van der Waals surface area (Å²) in [7, 11) is 2.03. The highest BCUT2D eigenvalue weighted by Crippen LogP contribution is 2.40. The molecular formula is C15H21FN2. The number of benzene rings is 1. The normalized spacial score (nSPS) is 30.8. The molecule has 98 valence electrons. The Hall–Kier alpha value is -1.09. The third-order valence-electron chi connectivity index (χ3n) is 4.52. The average Bonchev–Trinajstić information content (AvgIpc) is 2.63. The second-order valence-corrected chi connectivity index (χ2v) is 5.70. The van der Waals surface area contributed by atoms with E-state index in [1.165, 1.54) is 12.8 Å². The number of fused-ring (bicyclic) bond motifs is 2. The molecule has 1 aromatic carbocycles. The third kappa shape index (κ3) is 1.91. The Morgan fingerprint density at radius 1 is 1.22 bits per heavy atom. The van der Waals surface area contributed by atoms with Crippen LogP contribution in [0, 0.1) is 12.7 Å². The number of halogens is 1. The lowest BCUT2D eigenvalue weighted by atomic mass is 9.96. The van der Waals surface area contributed by atoms with Gasteiger partial charge in [0.05, 0.1) is 5.69 Å². The largest absolute Gasteiger partial charge is 0.363 e. The van der Waals surface area contributed by atoms with E-state index in [0.717, 1.165) is 24.1 Å². The molecule has 0 amide bonds. The molecule has 3 rings (SSSR count). The highest BCUT2D eigenvalue weighted by atomic mass is 19.1. The van der Waals surface area contributed by atoms with Gasteiger partial charge in [0.15, 0.2) is 0 Å². The van der Waals surface area contributed by atoms with Crippen LogP contribution in [0.25, 0.3) is 0 Å². The van der Waals surface area contributed by atoms with Crippen molar-refractivity contribution in [2.45, 2.75) is 50.7 Å². The van der Waals surface area contributed by atoms with Gasteiger partial charge in [0.1, 0.15) is 5.82 Å². The highest BCUT2D eigenvalue weighted by molar-refractivity contribution is 5.53. The lowest BCUT2D eigenvalue weighted by Crippen LogP contribution is -2.48. The average molecular weight is 248 g/mol. The van der Waals surface area contributed by atoms with Crippen molar-refractivity contribution in [1.29, 1.82) is 0 Å². The lowest BCUT2D eigenvalue weighted by molar-refractivity contribution is 0.370. The minimum atomic E-state index is -0.0691. The van der Waals surface area contributed by atoms with Crippen LogP contribution in [0.2, 0.25) is 0 Å². The third-order valence-corrected chi connectivity index (χ3v) is 4.52. The van der Waals surface area contributed by atoms with Crippen LogP contribution in [-0.2, 0) is 0 Å². The predicted molar refractivity (Wildman–Crippen MR) is 72.5 cm³/mol. The van der Waals surface area contributed by atoms with Crippen LogP contribution >= 0.6 is 0 Å². The molecule has 2 nitrogen and oxygen atoms in total. The molecule has 2 aliphatic heterocycles. The Morgan fingerprint density at radius 3 is 2.50 bits per heavy atom. The van der Waals surface area contributed by atoms with Gasteiger partial charge < -0.3 is 10.2 Å². The van der Waals surface area contributed by atoms with Crippen molar-refractivity contribution in [2.75, 3.05) is 11.9 Å². The smallest absolute Gasteiger partial charge is 0.146 e. The lowest BCUT2D eigenvalue weighted by Gasteiger charge is -2.40. The van der Waals surface area contributed by atoms with Gasteiger partial charge in [-0.05, 0) is 57.4 Å². The second kappa shape index (κ2) is 4.54. The van der Waals surface area contributed by atoms with Gasteiger partial charge in [0, 0.05) is 18.1 Å². The van der Waals surface area contributed by atoms with E-state index in [-0.39, 0.29) is 5.82 Å². The van der Waals surface area contributed by atoms with Crippen LogP contribution in [0.15, 0.2) is 18.2 Å². The van der Waals surface area contributed by atoms with Crippen LogP contribution in [0.5, 0.6) is 0 Å². The molecule has 3 heteroatoms. The number of rotatable bonds is 2. The Kier molecular flexibility index (Phi) is 3.02. The predicted octanol–water partition coefficient (Wildman–Crippen LogP) is 2.85. The molecule has 2 aliphatic rings. The molecule has 2 atom stereocenters. The fourth-order valence-corrected chi connectivity index (χ4v) is 3.63. The quantitative estimate of drug-likeness (QED) is 0.865. The molecule has 0 radical (unpaired) electrons. The minimum Gasteiger partial charge on any atom is -0.363 e. The molecule has 0 aromatic heterocycles. The standard InChI is InChI=1S/C15H21FN2/c1-10-3-6-14(16)15(7-10)18-12-4-5-13(18)9-11(8-12)17-2/h3,6-7,11-13,17H,4-5,8-9H2,1-2H3. The van der Waals surface area contributed by atoms with E-state index < -0.39 is 0 Å². The summed E-state index contributed by atoms with van der Waals surface area (Å²) < 4.78 is 14.1. The van der Waals surface area contributed by atoms with Crippen LogP contribution < -0.4 is 10.2 Å². The summed E-state index contributed by atoms with van der Waals surface area (Å²) in [6.07, 6.45) is 4.69. The van der Waals surface area contributed by atoms with Gasteiger partial charge in [-0.2, -0.15) is 0 Å². The molecule has 2 fully saturated rings. The number of nitrogens with one attached hydrogen (secondary N) is 1. The maximum Gasteiger partial charge on any atom is 0.146 e. The van der Waals surface area contributed by atoms with Crippen LogP contribution in [-0.4, -0.2) is 25.2 Å². The SMILES string of the molecule is CNC1CC2CCC(C1)N2c1cc(C)ccc1F. The minimum absolute atomic E-state index is 0.0691. The fraction of sp³-hybridized carbons (Fsp3) is 0.600. The van der Waals surface area contributed by atoms with E-state index in [1.54, 1.807) is 6.07 Å². The number of hydrogen-bond donors (Lipinski definition) is 1. The van der Waals surface area contributed by atoms with E-state index >= 15 is 0 Å². The number of aryl methyl sites for hydroxylation is 1. The Labute approximate surface area is 108 Å². The molecule has 0 saturated carbocycles. The highest BCUT2D eigenvalue weighted by Gasteiger charge is 2.41. The van der Waals surface area contributed by atoms with Crippen molar-refractivity contribution in [3.8, 4) is 0 Å². The van der Waals surface area contributed by atoms with Gasteiger partial charge in [-0.25, -0.2) is 4.39 Å². The first-order valence-corrected chi connectivity index (χ1v) is 6.91. The van der Waals surface area contributed by atoms with E-state index in [9.17, 15) is 4.39 Å². The molecule has 0 spiro atoms. The maximum atomic E-state index is 14.1. The van der Waals surface area contributed by atoms with E-state index in [2.05, 4.69) is 10.2 Å². The van der Waals surface area contributed by atoms with Crippen molar-refractivity contribution >= 4 is 5.69 Å². The van der Waals surface area contributed by atoms with Gasteiger partial charge in [-0.15, -0.1) is 0 Å². The number of piperidine rings is 1.